The molecule has 1 aromatic heterocycles. The van der Waals surface area contributed by atoms with Crippen LogP contribution in [0.3, 0.4) is 0 Å². The minimum absolute atomic E-state index is 0.0275. The lowest BCUT2D eigenvalue weighted by atomic mass is 10.2. The number of hydrogen-bond acceptors (Lipinski definition) is 4. The van der Waals surface area contributed by atoms with Gasteiger partial charge in [-0.2, -0.15) is 13.2 Å². The van der Waals surface area contributed by atoms with Crippen LogP contribution in [0.4, 0.5) is 18.9 Å². The van der Waals surface area contributed by atoms with Gasteiger partial charge in [0.1, 0.15) is 5.82 Å². The molecule has 0 unspecified atom stereocenters. The summed E-state index contributed by atoms with van der Waals surface area (Å²) in [6, 6.07) is 0. The number of nitrogens with zero attached hydrogens (tertiary/aromatic N) is 2. The van der Waals surface area contributed by atoms with Gasteiger partial charge in [-0.25, -0.2) is 9.97 Å². The summed E-state index contributed by atoms with van der Waals surface area (Å²) in [7, 11) is 0. The maximum atomic E-state index is 12.0. The summed E-state index contributed by atoms with van der Waals surface area (Å²) in [5.41, 5.74) is 5.85. The number of anilines is 1. The van der Waals surface area contributed by atoms with Crippen LogP contribution < -0.4 is 11.1 Å². The summed E-state index contributed by atoms with van der Waals surface area (Å²) < 4.78 is 35.9. The molecule has 1 aromatic rings. The highest BCUT2D eigenvalue weighted by molar-refractivity contribution is 5.96. The number of nitrogens with one attached hydrogen (secondary N) is 1. The Morgan fingerprint density at radius 1 is 1.38 bits per heavy atom. The first kappa shape index (κ1) is 17.2. The smallest absolute Gasteiger partial charge is 0.389 e. The average molecular weight is 304 g/mol. The second kappa shape index (κ2) is 7.24. The van der Waals surface area contributed by atoms with Crippen molar-refractivity contribution < 1.29 is 18.0 Å². The zero-order valence-corrected chi connectivity index (χ0v) is 12.0. The van der Waals surface area contributed by atoms with Gasteiger partial charge < -0.3 is 11.1 Å². The average Bonchev–Trinajstić information content (AvgIpc) is 2.36. The lowest BCUT2D eigenvalue weighted by Crippen LogP contribution is -2.27. The molecule has 1 heterocycles. The maximum Gasteiger partial charge on any atom is 0.389 e. The molecule has 0 aliphatic heterocycles. The van der Waals surface area contributed by atoms with E-state index in [4.69, 9.17) is 5.73 Å². The summed E-state index contributed by atoms with van der Waals surface area (Å²) in [5.74, 6) is 0.0409. The molecule has 1 amide bonds. The van der Waals surface area contributed by atoms with Gasteiger partial charge in [-0.05, 0) is 12.8 Å². The van der Waals surface area contributed by atoms with Crippen molar-refractivity contribution in [2.75, 3.05) is 12.3 Å². The highest BCUT2D eigenvalue weighted by Crippen LogP contribution is 2.21. The Bertz CT molecular complexity index is 489. The van der Waals surface area contributed by atoms with E-state index in [-0.39, 0.29) is 36.7 Å². The van der Waals surface area contributed by atoms with Crippen LogP contribution in [-0.2, 0) is 0 Å². The van der Waals surface area contributed by atoms with Crippen molar-refractivity contribution in [3.63, 3.8) is 0 Å². The zero-order valence-electron chi connectivity index (χ0n) is 12.0. The molecular formula is C13H19F3N4O. The second-order valence-electron chi connectivity index (χ2n) is 5.02. The molecule has 0 spiro atoms. The number of nitrogens with two attached hydrogens (primary N) is 1. The summed E-state index contributed by atoms with van der Waals surface area (Å²) in [6.07, 6.45) is -3.43. The van der Waals surface area contributed by atoms with Gasteiger partial charge >= 0.3 is 6.18 Å². The first-order chi connectivity index (χ1) is 9.70. The minimum Gasteiger partial charge on any atom is -0.396 e. The van der Waals surface area contributed by atoms with E-state index < -0.39 is 18.5 Å². The van der Waals surface area contributed by atoms with Gasteiger partial charge in [0, 0.05) is 18.9 Å². The molecule has 0 radical (unpaired) electrons. The van der Waals surface area contributed by atoms with Crippen LogP contribution >= 0.6 is 0 Å². The Kier molecular flexibility index (Phi) is 5.92. The number of halogens is 3. The predicted octanol–water partition coefficient (Wildman–Crippen LogP) is 2.64. The van der Waals surface area contributed by atoms with Gasteiger partial charge in [0.2, 0.25) is 0 Å². The van der Waals surface area contributed by atoms with E-state index in [1.54, 1.807) is 0 Å². The van der Waals surface area contributed by atoms with Gasteiger partial charge in [0.05, 0.1) is 11.9 Å². The van der Waals surface area contributed by atoms with Crippen molar-refractivity contribution in [3.8, 4) is 0 Å². The van der Waals surface area contributed by atoms with Crippen LogP contribution in [0.1, 0.15) is 55.3 Å². The van der Waals surface area contributed by atoms with Crippen LogP contribution in [0.2, 0.25) is 0 Å². The van der Waals surface area contributed by atoms with Crippen LogP contribution in [0.25, 0.3) is 0 Å². The number of alkyl halides is 3. The lowest BCUT2D eigenvalue weighted by Gasteiger charge is -2.10. The van der Waals surface area contributed by atoms with Crippen molar-refractivity contribution in [2.24, 2.45) is 0 Å². The number of amides is 1. The normalized spacial score (nSPS) is 11.7. The molecule has 0 aromatic carbocycles. The fourth-order valence-electron chi connectivity index (χ4n) is 1.60. The first-order valence-electron chi connectivity index (χ1n) is 6.68. The van der Waals surface area contributed by atoms with Gasteiger partial charge in [-0.3, -0.25) is 4.79 Å². The fourth-order valence-corrected chi connectivity index (χ4v) is 1.60. The highest BCUT2D eigenvalue weighted by atomic mass is 19.4. The number of unbranched alkanes of at least 4 members (excludes halogenated alkanes) is 1. The molecule has 21 heavy (non-hydrogen) atoms. The largest absolute Gasteiger partial charge is 0.396 e. The number of hydrogen-bond donors (Lipinski definition) is 2. The molecule has 8 heteroatoms. The summed E-state index contributed by atoms with van der Waals surface area (Å²) in [6.45, 7) is 3.91. The van der Waals surface area contributed by atoms with Crippen molar-refractivity contribution in [3.05, 3.63) is 17.7 Å². The molecule has 5 nitrogen and oxygen atoms in total. The van der Waals surface area contributed by atoms with Crippen LogP contribution in [0.15, 0.2) is 6.20 Å². The molecule has 0 aliphatic rings. The quantitative estimate of drug-likeness (QED) is 0.792. The maximum absolute atomic E-state index is 12.0. The Morgan fingerprint density at radius 3 is 2.62 bits per heavy atom. The SMILES string of the molecule is CC(C)c1ncc(N)c(C(=O)NCCCCC(F)(F)F)n1. The van der Waals surface area contributed by atoms with Gasteiger partial charge in [0.15, 0.2) is 5.69 Å². The third-order valence-corrected chi connectivity index (χ3v) is 2.74. The Morgan fingerprint density at radius 2 is 2.05 bits per heavy atom. The molecule has 118 valence electrons. The third kappa shape index (κ3) is 5.97. The number of rotatable bonds is 6. The summed E-state index contributed by atoms with van der Waals surface area (Å²) in [5, 5.41) is 2.52. The number of nitrogen functional groups attached to an aromatic ring is 1. The molecule has 0 aliphatic carbocycles. The number of carbonyl (C=O) groups excluding carboxylic acids is 1. The Balaban J connectivity index is 2.50. The van der Waals surface area contributed by atoms with Crippen molar-refractivity contribution in [1.29, 1.82) is 0 Å². The first-order valence-corrected chi connectivity index (χ1v) is 6.68. The van der Waals surface area contributed by atoms with E-state index in [1.165, 1.54) is 6.20 Å². The molecule has 3 N–H and O–H groups in total. The fraction of sp³-hybridized carbons (Fsp3) is 0.615. The molecule has 0 saturated heterocycles. The van der Waals surface area contributed by atoms with Crippen LogP contribution in [0, 0.1) is 0 Å². The van der Waals surface area contributed by atoms with E-state index in [0.717, 1.165) is 0 Å². The second-order valence-corrected chi connectivity index (χ2v) is 5.02. The van der Waals surface area contributed by atoms with Gasteiger partial charge in [-0.1, -0.05) is 13.8 Å². The predicted molar refractivity (Wildman–Crippen MR) is 72.8 cm³/mol. The molecule has 0 saturated carbocycles. The molecule has 0 atom stereocenters. The third-order valence-electron chi connectivity index (χ3n) is 2.74. The minimum atomic E-state index is -4.16. The number of aromatic nitrogens is 2. The Labute approximate surface area is 121 Å². The van der Waals surface area contributed by atoms with E-state index in [2.05, 4.69) is 15.3 Å². The highest BCUT2D eigenvalue weighted by Gasteiger charge is 2.25. The van der Waals surface area contributed by atoms with E-state index in [1.807, 2.05) is 13.8 Å². The van der Waals surface area contributed by atoms with Gasteiger partial charge in [-0.15, -0.1) is 0 Å². The summed E-state index contributed by atoms with van der Waals surface area (Å²) in [4.78, 5) is 20.0. The van der Waals surface area contributed by atoms with Crippen molar-refractivity contribution >= 4 is 11.6 Å². The topological polar surface area (TPSA) is 80.9 Å². The van der Waals surface area contributed by atoms with Crippen LogP contribution in [-0.4, -0.2) is 28.6 Å². The monoisotopic (exact) mass is 304 g/mol. The molecule has 0 fully saturated rings. The van der Waals surface area contributed by atoms with E-state index in [9.17, 15) is 18.0 Å². The molecule has 0 bridgehead atoms. The van der Waals surface area contributed by atoms with Crippen molar-refractivity contribution in [1.82, 2.24) is 15.3 Å². The van der Waals surface area contributed by atoms with Gasteiger partial charge in [0.25, 0.3) is 5.91 Å². The summed E-state index contributed by atoms with van der Waals surface area (Å²) >= 11 is 0. The lowest BCUT2D eigenvalue weighted by molar-refractivity contribution is -0.135. The zero-order chi connectivity index (χ0) is 16.0. The van der Waals surface area contributed by atoms with Crippen LogP contribution in [0.5, 0.6) is 0 Å². The van der Waals surface area contributed by atoms with Crippen molar-refractivity contribution in [2.45, 2.75) is 45.2 Å². The van der Waals surface area contributed by atoms with E-state index >= 15 is 0 Å². The molecule has 1 rings (SSSR count). The van der Waals surface area contributed by atoms with E-state index in [0.29, 0.717) is 5.82 Å². The Hall–Kier alpha value is -1.86. The molecular weight excluding hydrogens is 285 g/mol. The number of carbonyl (C=O) groups is 1. The standard InChI is InChI=1S/C13H19F3N4O/c1-8(2)11-19-7-9(17)10(20-11)12(21)18-6-4-3-5-13(14,15)16/h7-8H,3-6,17H2,1-2H3,(H,18,21).